The number of nitrogens with two attached hydrogens (primary N) is 1. The van der Waals surface area contributed by atoms with Gasteiger partial charge in [-0.1, -0.05) is 32.9 Å². The van der Waals surface area contributed by atoms with Crippen molar-refractivity contribution in [3.05, 3.63) is 11.7 Å². The van der Waals surface area contributed by atoms with Crippen LogP contribution in [-0.4, -0.2) is 21.3 Å². The molecule has 0 aliphatic carbocycles. The summed E-state index contributed by atoms with van der Waals surface area (Å²) in [5, 5.41) is 13.5. The number of nitrogens with zero attached hydrogens (tertiary/aromatic N) is 2. The van der Waals surface area contributed by atoms with E-state index in [1.165, 1.54) is 0 Å². The van der Waals surface area contributed by atoms with Gasteiger partial charge in [0.15, 0.2) is 0 Å². The number of aromatic nitrogens is 2. The smallest absolute Gasteiger partial charge is 0.232 e. The largest absolute Gasteiger partial charge is 0.383 e. The minimum Gasteiger partial charge on any atom is -0.383 e. The Hall–Kier alpha value is -0.940. The summed E-state index contributed by atoms with van der Waals surface area (Å²) in [5.41, 5.74) is 5.49. The normalized spacial score (nSPS) is 16.4. The van der Waals surface area contributed by atoms with Crippen molar-refractivity contribution in [3.63, 3.8) is 0 Å². The molecule has 2 atom stereocenters. The van der Waals surface area contributed by atoms with E-state index in [4.69, 9.17) is 10.3 Å². The second-order valence-electron chi connectivity index (χ2n) is 4.72. The Bertz CT molecular complexity index is 317. The molecule has 0 radical (unpaired) electrons. The number of hydrogen-bond donors (Lipinski definition) is 2. The Labute approximate surface area is 89.7 Å². The summed E-state index contributed by atoms with van der Waals surface area (Å²) in [6.07, 6.45) is -0.185. The van der Waals surface area contributed by atoms with Gasteiger partial charge in [0.2, 0.25) is 11.7 Å². The van der Waals surface area contributed by atoms with Crippen LogP contribution in [0.2, 0.25) is 0 Å². The zero-order valence-electron chi connectivity index (χ0n) is 9.69. The predicted molar refractivity (Wildman–Crippen MR) is 56.2 cm³/mol. The lowest BCUT2D eigenvalue weighted by molar-refractivity contribution is 0.131. The van der Waals surface area contributed by atoms with Crippen LogP contribution < -0.4 is 5.73 Å². The van der Waals surface area contributed by atoms with E-state index < -0.39 is 6.10 Å². The topological polar surface area (TPSA) is 85.2 Å². The van der Waals surface area contributed by atoms with E-state index in [1.807, 2.05) is 27.7 Å². The lowest BCUT2D eigenvalue weighted by Gasteiger charge is -2.13. The molecule has 0 aromatic carbocycles. The van der Waals surface area contributed by atoms with E-state index in [2.05, 4.69) is 10.1 Å². The molecule has 0 aliphatic rings. The summed E-state index contributed by atoms with van der Waals surface area (Å²) in [6, 6.07) is -0.351. The Morgan fingerprint density at radius 3 is 2.47 bits per heavy atom. The van der Waals surface area contributed by atoms with Gasteiger partial charge in [-0.3, -0.25) is 0 Å². The highest BCUT2D eigenvalue weighted by atomic mass is 16.5. The molecule has 1 rings (SSSR count). The third-order valence-electron chi connectivity index (χ3n) is 2.22. The van der Waals surface area contributed by atoms with Gasteiger partial charge in [-0.2, -0.15) is 4.98 Å². The van der Waals surface area contributed by atoms with Crippen LogP contribution in [0.4, 0.5) is 0 Å². The Balaban J connectivity index is 2.85. The van der Waals surface area contributed by atoms with E-state index in [9.17, 15) is 5.11 Å². The highest BCUT2D eigenvalue weighted by molar-refractivity contribution is 5.01. The van der Waals surface area contributed by atoms with Crippen molar-refractivity contribution in [2.45, 2.75) is 51.7 Å². The molecular formula is C10H19N3O2. The Morgan fingerprint density at radius 1 is 1.47 bits per heavy atom. The standard InChI is InChI=1S/C10H19N3O2/c1-5-6(11)7(14)8-12-9(15-13-8)10(2,3)4/h6-7,14H,5,11H2,1-4H3/t6-,7?/m0/s1. The molecule has 1 aromatic rings. The molecule has 1 heterocycles. The maximum atomic E-state index is 9.76. The van der Waals surface area contributed by atoms with E-state index in [1.54, 1.807) is 0 Å². The third kappa shape index (κ3) is 2.76. The molecular weight excluding hydrogens is 194 g/mol. The van der Waals surface area contributed by atoms with E-state index in [0.29, 0.717) is 12.3 Å². The highest BCUT2D eigenvalue weighted by Crippen LogP contribution is 2.22. The Kier molecular flexibility index (Phi) is 3.46. The van der Waals surface area contributed by atoms with E-state index in [-0.39, 0.29) is 17.3 Å². The van der Waals surface area contributed by atoms with Gasteiger partial charge in [-0.25, -0.2) is 0 Å². The quantitative estimate of drug-likeness (QED) is 0.786. The van der Waals surface area contributed by atoms with Crippen LogP contribution in [0.25, 0.3) is 0 Å². The van der Waals surface area contributed by atoms with Crippen molar-refractivity contribution >= 4 is 0 Å². The van der Waals surface area contributed by atoms with Crippen molar-refractivity contribution in [2.75, 3.05) is 0 Å². The molecule has 1 unspecified atom stereocenters. The highest BCUT2D eigenvalue weighted by Gasteiger charge is 2.26. The van der Waals surface area contributed by atoms with Crippen molar-refractivity contribution in [2.24, 2.45) is 5.73 Å². The van der Waals surface area contributed by atoms with Gasteiger partial charge in [-0.15, -0.1) is 0 Å². The fourth-order valence-electron chi connectivity index (χ4n) is 1.07. The minimum absolute atomic E-state index is 0.207. The van der Waals surface area contributed by atoms with Gasteiger partial charge in [0.25, 0.3) is 0 Å². The van der Waals surface area contributed by atoms with Gasteiger partial charge in [-0.05, 0) is 6.42 Å². The summed E-state index contributed by atoms with van der Waals surface area (Å²) in [5.74, 6) is 0.786. The molecule has 15 heavy (non-hydrogen) atoms. The Morgan fingerprint density at radius 2 is 2.07 bits per heavy atom. The van der Waals surface area contributed by atoms with Crippen molar-refractivity contribution in [1.29, 1.82) is 0 Å². The zero-order valence-corrected chi connectivity index (χ0v) is 9.69. The fourth-order valence-corrected chi connectivity index (χ4v) is 1.07. The molecule has 0 spiro atoms. The lowest BCUT2D eigenvalue weighted by atomic mass is 9.97. The second kappa shape index (κ2) is 4.28. The van der Waals surface area contributed by atoms with Crippen LogP contribution in [0, 0.1) is 0 Å². The molecule has 86 valence electrons. The summed E-state index contributed by atoms with van der Waals surface area (Å²) in [4.78, 5) is 4.14. The summed E-state index contributed by atoms with van der Waals surface area (Å²) < 4.78 is 5.07. The van der Waals surface area contributed by atoms with Gasteiger partial charge in [0.05, 0.1) is 0 Å². The molecule has 5 heteroatoms. The molecule has 0 amide bonds. The SMILES string of the molecule is CC[C@H](N)C(O)c1noc(C(C)(C)C)n1. The number of aliphatic hydroxyl groups excluding tert-OH is 1. The first-order valence-corrected chi connectivity index (χ1v) is 5.14. The average Bonchev–Trinajstić information content (AvgIpc) is 2.63. The summed E-state index contributed by atoms with van der Waals surface area (Å²) >= 11 is 0. The van der Waals surface area contributed by atoms with Gasteiger partial charge >= 0.3 is 0 Å². The zero-order chi connectivity index (χ0) is 11.6. The first-order chi connectivity index (χ1) is 6.86. The molecule has 0 bridgehead atoms. The maximum Gasteiger partial charge on any atom is 0.232 e. The van der Waals surface area contributed by atoms with Crippen LogP contribution >= 0.6 is 0 Å². The summed E-state index contributed by atoms with van der Waals surface area (Å²) in [6.45, 7) is 7.81. The second-order valence-corrected chi connectivity index (χ2v) is 4.72. The molecule has 0 aliphatic heterocycles. The van der Waals surface area contributed by atoms with Gasteiger partial charge in [0, 0.05) is 11.5 Å². The van der Waals surface area contributed by atoms with Crippen LogP contribution in [0.5, 0.6) is 0 Å². The van der Waals surface area contributed by atoms with Gasteiger partial charge < -0.3 is 15.4 Å². The predicted octanol–water partition coefficient (Wildman–Crippen LogP) is 1.14. The molecule has 0 fully saturated rings. The van der Waals surface area contributed by atoms with Gasteiger partial charge in [0.1, 0.15) is 6.10 Å². The van der Waals surface area contributed by atoms with Crippen LogP contribution in [-0.2, 0) is 5.41 Å². The number of rotatable bonds is 3. The van der Waals surface area contributed by atoms with Crippen LogP contribution in [0.1, 0.15) is 51.9 Å². The number of aliphatic hydroxyl groups is 1. The van der Waals surface area contributed by atoms with Crippen molar-refractivity contribution in [3.8, 4) is 0 Å². The molecule has 0 saturated heterocycles. The maximum absolute atomic E-state index is 9.76. The van der Waals surface area contributed by atoms with Crippen LogP contribution in [0.15, 0.2) is 4.52 Å². The molecule has 3 N–H and O–H groups in total. The summed E-state index contributed by atoms with van der Waals surface area (Å²) in [7, 11) is 0. The lowest BCUT2D eigenvalue weighted by Crippen LogP contribution is -2.28. The fraction of sp³-hybridized carbons (Fsp3) is 0.800. The number of hydrogen-bond acceptors (Lipinski definition) is 5. The average molecular weight is 213 g/mol. The minimum atomic E-state index is -0.852. The van der Waals surface area contributed by atoms with Crippen LogP contribution in [0.3, 0.4) is 0 Å². The molecule has 5 nitrogen and oxygen atoms in total. The molecule has 1 aromatic heterocycles. The third-order valence-corrected chi connectivity index (χ3v) is 2.22. The van der Waals surface area contributed by atoms with Crippen molar-refractivity contribution < 1.29 is 9.63 Å². The monoisotopic (exact) mass is 213 g/mol. The van der Waals surface area contributed by atoms with Crippen molar-refractivity contribution in [1.82, 2.24) is 10.1 Å². The van der Waals surface area contributed by atoms with E-state index in [0.717, 1.165) is 0 Å². The van der Waals surface area contributed by atoms with E-state index >= 15 is 0 Å². The first kappa shape index (κ1) is 12.1. The first-order valence-electron chi connectivity index (χ1n) is 5.14. The molecule has 0 saturated carbocycles.